The minimum atomic E-state index is -0.225. The van der Waals surface area contributed by atoms with Gasteiger partial charge in [-0.05, 0) is 42.3 Å². The lowest BCUT2D eigenvalue weighted by molar-refractivity contribution is -0.118. The first kappa shape index (κ1) is 16.6. The summed E-state index contributed by atoms with van der Waals surface area (Å²) >= 11 is 1.40. The topological polar surface area (TPSA) is 60.5 Å². The normalized spacial score (nSPS) is 12.3. The summed E-state index contributed by atoms with van der Waals surface area (Å²) in [6, 6.07) is 13.7. The molecule has 6 heteroatoms. The van der Waals surface area contributed by atoms with Gasteiger partial charge in [0.15, 0.2) is 11.7 Å². The van der Waals surface area contributed by atoms with E-state index in [0.717, 1.165) is 35.6 Å². The van der Waals surface area contributed by atoms with E-state index in [1.165, 1.54) is 16.9 Å². The van der Waals surface area contributed by atoms with Gasteiger partial charge in [0.2, 0.25) is 0 Å². The van der Waals surface area contributed by atoms with Crippen molar-refractivity contribution in [2.75, 3.05) is 18.5 Å². The van der Waals surface area contributed by atoms with Crippen LogP contribution in [0.15, 0.2) is 47.8 Å². The van der Waals surface area contributed by atoms with Crippen LogP contribution in [0.25, 0.3) is 11.3 Å². The maximum atomic E-state index is 12.1. The molecule has 0 aliphatic carbocycles. The van der Waals surface area contributed by atoms with Crippen molar-refractivity contribution in [3.8, 4) is 22.8 Å². The molecule has 0 bridgehead atoms. The zero-order chi connectivity index (χ0) is 17.9. The van der Waals surface area contributed by atoms with Crippen molar-refractivity contribution in [2.24, 2.45) is 0 Å². The molecule has 2 heterocycles. The fourth-order valence-electron chi connectivity index (χ4n) is 2.83. The number of hydrogen-bond acceptors (Lipinski definition) is 5. The third-order valence-corrected chi connectivity index (χ3v) is 4.95. The Kier molecular flexibility index (Phi) is 4.58. The number of aromatic nitrogens is 1. The van der Waals surface area contributed by atoms with Gasteiger partial charge in [0.05, 0.1) is 12.3 Å². The standard InChI is InChI=1S/C20H18N2O3S/c1-13-4-2-3-5-17(13)25-11-19(23)22-20-21-16(12-26-20)14-6-7-18-15(10-14)8-9-24-18/h2-7,10,12H,8-9,11H2,1H3,(H,21,22,23). The molecule has 0 unspecified atom stereocenters. The third kappa shape index (κ3) is 3.55. The molecule has 132 valence electrons. The number of rotatable bonds is 5. The average molecular weight is 366 g/mol. The summed E-state index contributed by atoms with van der Waals surface area (Å²) in [6.45, 7) is 2.63. The van der Waals surface area contributed by atoms with E-state index in [-0.39, 0.29) is 12.5 Å². The number of para-hydroxylation sites is 1. The van der Waals surface area contributed by atoms with Crippen LogP contribution in [0.5, 0.6) is 11.5 Å². The minimum Gasteiger partial charge on any atom is -0.493 e. The third-order valence-electron chi connectivity index (χ3n) is 4.19. The number of benzene rings is 2. The summed E-state index contributed by atoms with van der Waals surface area (Å²) in [5, 5.41) is 5.30. The quantitative estimate of drug-likeness (QED) is 0.739. The van der Waals surface area contributed by atoms with Gasteiger partial charge in [0, 0.05) is 17.4 Å². The van der Waals surface area contributed by atoms with Crippen LogP contribution in [-0.4, -0.2) is 24.1 Å². The van der Waals surface area contributed by atoms with Crippen LogP contribution < -0.4 is 14.8 Å². The van der Waals surface area contributed by atoms with Crippen molar-refractivity contribution in [3.63, 3.8) is 0 Å². The number of amides is 1. The Morgan fingerprint density at radius 1 is 1.31 bits per heavy atom. The number of nitrogens with zero attached hydrogens (tertiary/aromatic N) is 1. The molecule has 0 saturated carbocycles. The Hall–Kier alpha value is -2.86. The van der Waals surface area contributed by atoms with Crippen LogP contribution >= 0.6 is 11.3 Å². The van der Waals surface area contributed by atoms with Crippen molar-refractivity contribution >= 4 is 22.4 Å². The largest absolute Gasteiger partial charge is 0.493 e. The van der Waals surface area contributed by atoms with Crippen LogP contribution in [0.3, 0.4) is 0 Å². The number of fused-ring (bicyclic) bond motifs is 1. The molecule has 0 saturated heterocycles. The van der Waals surface area contributed by atoms with Crippen LogP contribution in [0.2, 0.25) is 0 Å². The van der Waals surface area contributed by atoms with E-state index >= 15 is 0 Å². The van der Waals surface area contributed by atoms with Crippen molar-refractivity contribution in [3.05, 3.63) is 59.0 Å². The van der Waals surface area contributed by atoms with Crippen LogP contribution in [0, 0.1) is 6.92 Å². The Morgan fingerprint density at radius 2 is 2.19 bits per heavy atom. The molecule has 1 aromatic heterocycles. The highest BCUT2D eigenvalue weighted by molar-refractivity contribution is 7.14. The number of nitrogens with one attached hydrogen (secondary N) is 1. The molecule has 1 amide bonds. The first-order chi connectivity index (χ1) is 12.7. The van der Waals surface area contributed by atoms with Gasteiger partial charge in [0.25, 0.3) is 5.91 Å². The zero-order valence-electron chi connectivity index (χ0n) is 14.3. The van der Waals surface area contributed by atoms with Crippen LogP contribution in [0.1, 0.15) is 11.1 Å². The number of anilines is 1. The lowest BCUT2D eigenvalue weighted by Gasteiger charge is -2.08. The Balaban J connectivity index is 1.39. The smallest absolute Gasteiger partial charge is 0.264 e. The molecule has 0 fully saturated rings. The van der Waals surface area contributed by atoms with Crippen LogP contribution in [0.4, 0.5) is 5.13 Å². The van der Waals surface area contributed by atoms with Gasteiger partial charge in [-0.1, -0.05) is 18.2 Å². The molecular weight excluding hydrogens is 348 g/mol. The molecule has 2 aromatic carbocycles. The fourth-order valence-corrected chi connectivity index (χ4v) is 3.56. The second-order valence-electron chi connectivity index (χ2n) is 6.06. The lowest BCUT2D eigenvalue weighted by Crippen LogP contribution is -2.20. The van der Waals surface area contributed by atoms with E-state index in [1.807, 2.05) is 48.7 Å². The van der Waals surface area contributed by atoms with Crippen molar-refractivity contribution in [2.45, 2.75) is 13.3 Å². The molecule has 1 aliphatic heterocycles. The van der Waals surface area contributed by atoms with E-state index in [4.69, 9.17) is 9.47 Å². The molecule has 0 radical (unpaired) electrons. The Bertz CT molecular complexity index is 952. The second-order valence-corrected chi connectivity index (χ2v) is 6.92. The summed E-state index contributed by atoms with van der Waals surface area (Å²) in [6.07, 6.45) is 0.924. The molecule has 1 N–H and O–H groups in total. The molecule has 1 aliphatic rings. The van der Waals surface area contributed by atoms with Gasteiger partial charge in [-0.15, -0.1) is 11.3 Å². The van der Waals surface area contributed by atoms with Gasteiger partial charge in [-0.2, -0.15) is 0 Å². The number of ether oxygens (including phenoxy) is 2. The van der Waals surface area contributed by atoms with Gasteiger partial charge < -0.3 is 9.47 Å². The summed E-state index contributed by atoms with van der Waals surface area (Å²) < 4.78 is 11.1. The maximum Gasteiger partial charge on any atom is 0.264 e. The first-order valence-electron chi connectivity index (χ1n) is 8.39. The number of hydrogen-bond donors (Lipinski definition) is 1. The maximum absolute atomic E-state index is 12.1. The SMILES string of the molecule is Cc1ccccc1OCC(=O)Nc1nc(-c2ccc3c(c2)CCO3)cs1. The van der Waals surface area contributed by atoms with Gasteiger partial charge in [-0.3, -0.25) is 10.1 Å². The minimum absolute atomic E-state index is 0.0457. The highest BCUT2D eigenvalue weighted by Gasteiger charge is 2.14. The Morgan fingerprint density at radius 3 is 3.08 bits per heavy atom. The molecule has 26 heavy (non-hydrogen) atoms. The molecule has 5 nitrogen and oxygen atoms in total. The van der Waals surface area contributed by atoms with E-state index in [0.29, 0.717) is 10.9 Å². The monoisotopic (exact) mass is 366 g/mol. The number of carbonyl (C=O) groups is 1. The summed E-state index contributed by atoms with van der Waals surface area (Å²) in [5.41, 5.74) is 4.08. The number of thiazole rings is 1. The van der Waals surface area contributed by atoms with Crippen molar-refractivity contribution < 1.29 is 14.3 Å². The molecule has 0 atom stereocenters. The highest BCUT2D eigenvalue weighted by atomic mass is 32.1. The summed E-state index contributed by atoms with van der Waals surface area (Å²) in [7, 11) is 0. The Labute approximate surface area is 155 Å². The van der Waals surface area contributed by atoms with E-state index in [2.05, 4.69) is 16.4 Å². The average Bonchev–Trinajstić information content (AvgIpc) is 3.29. The molecule has 0 spiro atoms. The zero-order valence-corrected chi connectivity index (χ0v) is 15.1. The number of carbonyl (C=O) groups excluding carboxylic acids is 1. The second kappa shape index (κ2) is 7.17. The first-order valence-corrected chi connectivity index (χ1v) is 9.27. The van der Waals surface area contributed by atoms with Gasteiger partial charge in [-0.25, -0.2) is 4.98 Å². The van der Waals surface area contributed by atoms with E-state index < -0.39 is 0 Å². The van der Waals surface area contributed by atoms with Gasteiger partial charge in [0.1, 0.15) is 11.5 Å². The van der Waals surface area contributed by atoms with Crippen molar-refractivity contribution in [1.82, 2.24) is 4.98 Å². The van der Waals surface area contributed by atoms with Crippen molar-refractivity contribution in [1.29, 1.82) is 0 Å². The molecular formula is C20H18N2O3S. The van der Waals surface area contributed by atoms with Crippen LogP contribution in [-0.2, 0) is 11.2 Å². The number of aryl methyl sites for hydroxylation is 1. The fraction of sp³-hybridized carbons (Fsp3) is 0.200. The lowest BCUT2D eigenvalue weighted by atomic mass is 10.1. The van der Waals surface area contributed by atoms with E-state index in [9.17, 15) is 4.79 Å². The predicted octanol–water partition coefficient (Wildman–Crippen LogP) is 4.07. The molecule has 3 aromatic rings. The van der Waals surface area contributed by atoms with E-state index in [1.54, 1.807) is 0 Å². The van der Waals surface area contributed by atoms with Gasteiger partial charge >= 0.3 is 0 Å². The summed E-state index contributed by atoms with van der Waals surface area (Å²) in [4.78, 5) is 16.6. The predicted molar refractivity (Wildman–Crippen MR) is 102 cm³/mol. The summed E-state index contributed by atoms with van der Waals surface area (Å²) in [5.74, 6) is 1.44. The molecule has 4 rings (SSSR count). The highest BCUT2D eigenvalue weighted by Crippen LogP contribution is 2.31.